The van der Waals surface area contributed by atoms with Crippen molar-refractivity contribution >= 4 is 38.9 Å². The monoisotopic (exact) mass is 483 g/mol. The van der Waals surface area contributed by atoms with E-state index in [1.54, 1.807) is 41.8 Å². The smallest absolute Gasteiger partial charge is 0.253 e. The Morgan fingerprint density at radius 1 is 0.939 bits per heavy atom. The molecule has 0 saturated carbocycles. The van der Waals surface area contributed by atoms with Crippen molar-refractivity contribution in [3.63, 3.8) is 0 Å². The zero-order valence-corrected chi connectivity index (χ0v) is 19.6. The first-order chi connectivity index (χ1) is 15.9. The van der Waals surface area contributed by atoms with Crippen molar-refractivity contribution in [1.82, 2.24) is 9.62 Å². The van der Waals surface area contributed by atoms with Gasteiger partial charge in [0.25, 0.3) is 15.9 Å². The van der Waals surface area contributed by atoms with Crippen LogP contribution in [0.15, 0.2) is 76.3 Å². The van der Waals surface area contributed by atoms with Crippen molar-refractivity contribution in [3.8, 4) is 0 Å². The van der Waals surface area contributed by atoms with Gasteiger partial charge >= 0.3 is 0 Å². The van der Waals surface area contributed by atoms with Gasteiger partial charge < -0.3 is 10.6 Å². The molecule has 0 unspecified atom stereocenters. The van der Waals surface area contributed by atoms with Gasteiger partial charge in [-0.05, 0) is 42.0 Å². The van der Waals surface area contributed by atoms with Crippen LogP contribution in [0.2, 0.25) is 0 Å². The Bertz CT molecular complexity index is 1200. The summed E-state index contributed by atoms with van der Waals surface area (Å²) in [7, 11) is -3.51. The summed E-state index contributed by atoms with van der Waals surface area (Å²) in [5.74, 6) is -0.793. The summed E-state index contributed by atoms with van der Waals surface area (Å²) >= 11 is 1.19. The van der Waals surface area contributed by atoms with Gasteiger partial charge in [-0.1, -0.05) is 48.5 Å². The standard InChI is InChI=1S/C24H25N3O4S2/c28-23(19-12-14-27(15-13-19)33(30,31)22-11-6-16-32-22)26-21-10-5-4-9-20(21)24(29)25-17-18-7-2-1-3-8-18/h1-11,16,19H,12-15,17H2,(H,25,29)(H,26,28). The third-order valence-electron chi connectivity index (χ3n) is 5.64. The first-order valence-corrected chi connectivity index (χ1v) is 13.0. The lowest BCUT2D eigenvalue weighted by Gasteiger charge is -2.30. The Labute approximate surface area is 197 Å². The molecule has 2 amide bonds. The highest BCUT2D eigenvalue weighted by Gasteiger charge is 2.32. The fourth-order valence-electron chi connectivity index (χ4n) is 3.79. The highest BCUT2D eigenvalue weighted by molar-refractivity contribution is 7.91. The maximum Gasteiger partial charge on any atom is 0.253 e. The van der Waals surface area contributed by atoms with Crippen molar-refractivity contribution in [2.24, 2.45) is 5.92 Å². The predicted octanol–water partition coefficient (Wildman–Crippen LogP) is 3.72. The molecule has 4 rings (SSSR count). The van der Waals surface area contributed by atoms with Gasteiger partial charge in [-0.3, -0.25) is 9.59 Å². The fraction of sp³-hybridized carbons (Fsp3) is 0.250. The molecule has 1 saturated heterocycles. The van der Waals surface area contributed by atoms with Gasteiger partial charge in [-0.2, -0.15) is 4.31 Å². The van der Waals surface area contributed by atoms with Gasteiger partial charge in [0.15, 0.2) is 0 Å². The number of sulfonamides is 1. The molecule has 0 aliphatic carbocycles. The number of nitrogens with one attached hydrogen (secondary N) is 2. The van der Waals surface area contributed by atoms with Gasteiger partial charge in [0.1, 0.15) is 4.21 Å². The number of nitrogens with zero attached hydrogens (tertiary/aromatic N) is 1. The van der Waals surface area contributed by atoms with E-state index >= 15 is 0 Å². The lowest BCUT2D eigenvalue weighted by atomic mass is 9.97. The Morgan fingerprint density at radius 3 is 2.33 bits per heavy atom. The van der Waals surface area contributed by atoms with Crippen molar-refractivity contribution in [2.45, 2.75) is 23.6 Å². The van der Waals surface area contributed by atoms with Crippen LogP contribution < -0.4 is 10.6 Å². The normalized spacial score (nSPS) is 15.2. The maximum atomic E-state index is 12.9. The van der Waals surface area contributed by atoms with Crippen LogP contribution in [-0.2, 0) is 21.4 Å². The number of anilines is 1. The molecule has 33 heavy (non-hydrogen) atoms. The number of piperidine rings is 1. The molecule has 9 heteroatoms. The molecule has 1 aliphatic heterocycles. The van der Waals surface area contributed by atoms with Gasteiger partial charge in [0.05, 0.1) is 11.3 Å². The number of benzene rings is 2. The van der Waals surface area contributed by atoms with Crippen LogP contribution in [0, 0.1) is 5.92 Å². The average Bonchev–Trinajstić information content (AvgIpc) is 3.40. The molecule has 1 aromatic heterocycles. The number of carbonyl (C=O) groups excluding carboxylic acids is 2. The highest BCUT2D eigenvalue weighted by Crippen LogP contribution is 2.27. The summed E-state index contributed by atoms with van der Waals surface area (Å²) in [6.45, 7) is 0.966. The van der Waals surface area contributed by atoms with Crippen LogP contribution in [-0.4, -0.2) is 37.6 Å². The molecule has 0 bridgehead atoms. The number of hydrogen-bond acceptors (Lipinski definition) is 5. The number of para-hydroxylation sites is 1. The Balaban J connectivity index is 1.36. The largest absolute Gasteiger partial charge is 0.348 e. The van der Waals surface area contributed by atoms with E-state index in [0.29, 0.717) is 34.8 Å². The molecule has 2 heterocycles. The number of amides is 2. The molecule has 2 N–H and O–H groups in total. The lowest BCUT2D eigenvalue weighted by Crippen LogP contribution is -2.41. The van der Waals surface area contributed by atoms with Crippen LogP contribution >= 0.6 is 11.3 Å². The lowest BCUT2D eigenvalue weighted by molar-refractivity contribution is -0.120. The van der Waals surface area contributed by atoms with E-state index in [4.69, 9.17) is 0 Å². The third-order valence-corrected chi connectivity index (χ3v) is 8.91. The molecule has 0 spiro atoms. The number of thiophene rings is 1. The minimum absolute atomic E-state index is 0.202. The second-order valence-electron chi connectivity index (χ2n) is 7.81. The summed E-state index contributed by atoms with van der Waals surface area (Å²) in [5.41, 5.74) is 1.82. The van der Waals surface area contributed by atoms with Gasteiger partial charge in [-0.15, -0.1) is 11.3 Å². The van der Waals surface area contributed by atoms with E-state index in [-0.39, 0.29) is 30.8 Å². The van der Waals surface area contributed by atoms with E-state index in [2.05, 4.69) is 10.6 Å². The van der Waals surface area contributed by atoms with E-state index < -0.39 is 10.0 Å². The summed E-state index contributed by atoms with van der Waals surface area (Å²) in [6.07, 6.45) is 0.859. The summed E-state index contributed by atoms with van der Waals surface area (Å²) in [6, 6.07) is 19.8. The minimum atomic E-state index is -3.51. The first-order valence-electron chi connectivity index (χ1n) is 10.7. The molecule has 0 atom stereocenters. The molecular formula is C24H25N3O4S2. The molecule has 1 fully saturated rings. The maximum absolute atomic E-state index is 12.9. The summed E-state index contributed by atoms with van der Waals surface area (Å²) in [4.78, 5) is 25.6. The highest BCUT2D eigenvalue weighted by atomic mass is 32.2. The Kier molecular flexibility index (Phi) is 7.22. The number of hydrogen-bond donors (Lipinski definition) is 2. The van der Waals surface area contributed by atoms with E-state index in [9.17, 15) is 18.0 Å². The van der Waals surface area contributed by atoms with Gasteiger partial charge in [0, 0.05) is 25.6 Å². The summed E-state index contributed by atoms with van der Waals surface area (Å²) in [5, 5.41) is 7.49. The number of carbonyl (C=O) groups is 2. The van der Waals surface area contributed by atoms with E-state index in [1.165, 1.54) is 15.6 Å². The predicted molar refractivity (Wildman–Crippen MR) is 128 cm³/mol. The second-order valence-corrected chi connectivity index (χ2v) is 10.9. The van der Waals surface area contributed by atoms with E-state index in [1.807, 2.05) is 30.3 Å². The average molecular weight is 484 g/mol. The third kappa shape index (κ3) is 5.50. The zero-order valence-electron chi connectivity index (χ0n) is 17.9. The van der Waals surface area contributed by atoms with Gasteiger partial charge in [-0.25, -0.2) is 8.42 Å². The summed E-state index contributed by atoms with van der Waals surface area (Å²) < 4.78 is 27.1. The van der Waals surface area contributed by atoms with Crippen LogP contribution in [0.5, 0.6) is 0 Å². The van der Waals surface area contributed by atoms with Crippen molar-refractivity contribution in [2.75, 3.05) is 18.4 Å². The van der Waals surface area contributed by atoms with Crippen molar-refractivity contribution in [3.05, 3.63) is 83.2 Å². The number of rotatable bonds is 7. The SMILES string of the molecule is O=C(NCc1ccccc1)c1ccccc1NC(=O)C1CCN(S(=O)(=O)c2cccs2)CC1. The van der Waals surface area contributed by atoms with Crippen LogP contribution in [0.3, 0.4) is 0 Å². The second kappa shape index (κ2) is 10.3. The topological polar surface area (TPSA) is 95.6 Å². The molecular weight excluding hydrogens is 458 g/mol. The van der Waals surface area contributed by atoms with Crippen molar-refractivity contribution in [1.29, 1.82) is 0 Å². The van der Waals surface area contributed by atoms with Crippen LogP contribution in [0.25, 0.3) is 0 Å². The van der Waals surface area contributed by atoms with Crippen LogP contribution in [0.1, 0.15) is 28.8 Å². The van der Waals surface area contributed by atoms with E-state index in [0.717, 1.165) is 5.56 Å². The van der Waals surface area contributed by atoms with Crippen molar-refractivity contribution < 1.29 is 18.0 Å². The minimum Gasteiger partial charge on any atom is -0.348 e. The van der Waals surface area contributed by atoms with Gasteiger partial charge in [0.2, 0.25) is 5.91 Å². The molecule has 0 radical (unpaired) electrons. The molecule has 172 valence electrons. The van der Waals surface area contributed by atoms with Crippen LogP contribution in [0.4, 0.5) is 5.69 Å². The zero-order chi connectivity index (χ0) is 23.3. The first kappa shape index (κ1) is 23.2. The quantitative estimate of drug-likeness (QED) is 0.535. The Morgan fingerprint density at radius 2 is 1.64 bits per heavy atom. The molecule has 2 aromatic carbocycles. The molecule has 3 aromatic rings. The molecule has 1 aliphatic rings. The Hall–Kier alpha value is -3.01. The fourth-order valence-corrected chi connectivity index (χ4v) is 6.41. The molecule has 7 nitrogen and oxygen atoms in total.